The monoisotopic (exact) mass is 184 g/mol. The lowest BCUT2D eigenvalue weighted by Crippen LogP contribution is -2.43. The molecule has 0 heterocycles. The summed E-state index contributed by atoms with van der Waals surface area (Å²) >= 11 is 0. The third kappa shape index (κ3) is 4.25. The van der Waals surface area contributed by atoms with E-state index in [0.717, 1.165) is 25.8 Å². The van der Waals surface area contributed by atoms with Crippen molar-refractivity contribution in [3.05, 3.63) is 0 Å². The number of nitrogens with one attached hydrogen (secondary N) is 1. The molecular formula is C10H20N2O. The number of nitriles is 1. The molecule has 0 saturated heterocycles. The molecule has 13 heavy (non-hydrogen) atoms. The summed E-state index contributed by atoms with van der Waals surface area (Å²) in [6.07, 6.45) is 3.43. The Kier molecular flexibility index (Phi) is 6.56. The maximum Gasteiger partial charge on any atom is 0.106 e. The predicted octanol–water partition coefficient (Wildman–Crippen LogP) is 1.43. The SMILES string of the molecule is CCCC(C#N)(CC)NCCCO. The molecule has 0 aliphatic heterocycles. The number of nitrogens with zero attached hydrogens (tertiary/aromatic N) is 1. The molecule has 3 nitrogen and oxygen atoms in total. The number of rotatable bonds is 7. The second kappa shape index (κ2) is 6.88. The molecule has 0 aromatic carbocycles. The fourth-order valence-electron chi connectivity index (χ4n) is 1.40. The van der Waals surface area contributed by atoms with E-state index in [1.54, 1.807) is 0 Å². The zero-order valence-electron chi connectivity index (χ0n) is 8.64. The van der Waals surface area contributed by atoms with Gasteiger partial charge in [0.2, 0.25) is 0 Å². The highest BCUT2D eigenvalue weighted by atomic mass is 16.3. The molecule has 76 valence electrons. The molecule has 0 spiro atoms. The highest BCUT2D eigenvalue weighted by Gasteiger charge is 2.25. The molecular weight excluding hydrogens is 164 g/mol. The maximum absolute atomic E-state index is 9.03. The van der Waals surface area contributed by atoms with Gasteiger partial charge in [-0.25, -0.2) is 0 Å². The molecule has 0 aliphatic rings. The molecule has 0 aromatic rings. The zero-order chi connectivity index (χ0) is 10.2. The normalized spacial score (nSPS) is 14.9. The van der Waals surface area contributed by atoms with Gasteiger partial charge in [0, 0.05) is 6.61 Å². The smallest absolute Gasteiger partial charge is 0.106 e. The van der Waals surface area contributed by atoms with Crippen molar-refractivity contribution in [2.45, 2.75) is 45.1 Å². The van der Waals surface area contributed by atoms with Crippen LogP contribution in [0.15, 0.2) is 0 Å². The Morgan fingerprint density at radius 2 is 2.15 bits per heavy atom. The van der Waals surface area contributed by atoms with Crippen LogP contribution in [0.4, 0.5) is 0 Å². The van der Waals surface area contributed by atoms with Gasteiger partial charge < -0.3 is 5.11 Å². The van der Waals surface area contributed by atoms with Crippen LogP contribution in [-0.2, 0) is 0 Å². The van der Waals surface area contributed by atoms with Crippen LogP contribution < -0.4 is 5.32 Å². The van der Waals surface area contributed by atoms with E-state index in [-0.39, 0.29) is 12.1 Å². The molecule has 0 amide bonds. The van der Waals surface area contributed by atoms with E-state index in [1.165, 1.54) is 0 Å². The molecule has 1 unspecified atom stereocenters. The first-order valence-corrected chi connectivity index (χ1v) is 5.01. The van der Waals surface area contributed by atoms with Crippen LogP contribution >= 0.6 is 0 Å². The molecule has 0 saturated carbocycles. The van der Waals surface area contributed by atoms with Gasteiger partial charge in [-0.3, -0.25) is 5.32 Å². The quantitative estimate of drug-likeness (QED) is 0.588. The second-order valence-corrected chi connectivity index (χ2v) is 3.30. The van der Waals surface area contributed by atoms with Gasteiger partial charge in [-0.15, -0.1) is 0 Å². The number of hydrogen-bond donors (Lipinski definition) is 2. The van der Waals surface area contributed by atoms with Crippen LogP contribution in [0, 0.1) is 11.3 Å². The van der Waals surface area contributed by atoms with E-state index in [4.69, 9.17) is 10.4 Å². The van der Waals surface area contributed by atoms with Crippen molar-refractivity contribution in [2.75, 3.05) is 13.2 Å². The van der Waals surface area contributed by atoms with Crippen LogP contribution in [0.1, 0.15) is 39.5 Å². The zero-order valence-corrected chi connectivity index (χ0v) is 8.64. The van der Waals surface area contributed by atoms with E-state index in [2.05, 4.69) is 18.3 Å². The Hall–Kier alpha value is -0.590. The summed E-state index contributed by atoms with van der Waals surface area (Å²) in [5, 5.41) is 20.9. The average Bonchev–Trinajstić information content (AvgIpc) is 2.17. The Balaban J connectivity index is 3.99. The minimum absolute atomic E-state index is 0.185. The lowest BCUT2D eigenvalue weighted by Gasteiger charge is -2.25. The van der Waals surface area contributed by atoms with Gasteiger partial charge in [0.25, 0.3) is 0 Å². The summed E-state index contributed by atoms with van der Waals surface area (Å²) in [7, 11) is 0. The van der Waals surface area contributed by atoms with Crippen LogP contribution in [0.2, 0.25) is 0 Å². The van der Waals surface area contributed by atoms with Crippen molar-refractivity contribution in [1.82, 2.24) is 5.32 Å². The largest absolute Gasteiger partial charge is 0.396 e. The Bertz CT molecular complexity index is 165. The molecule has 0 radical (unpaired) electrons. The van der Waals surface area contributed by atoms with Crippen molar-refractivity contribution < 1.29 is 5.11 Å². The van der Waals surface area contributed by atoms with Crippen molar-refractivity contribution in [3.63, 3.8) is 0 Å². The van der Waals surface area contributed by atoms with Gasteiger partial charge in [0.15, 0.2) is 0 Å². The van der Waals surface area contributed by atoms with Gasteiger partial charge in [-0.2, -0.15) is 5.26 Å². The van der Waals surface area contributed by atoms with Crippen LogP contribution in [0.3, 0.4) is 0 Å². The van der Waals surface area contributed by atoms with Gasteiger partial charge >= 0.3 is 0 Å². The second-order valence-electron chi connectivity index (χ2n) is 3.30. The lowest BCUT2D eigenvalue weighted by molar-refractivity contribution is 0.273. The van der Waals surface area contributed by atoms with Gasteiger partial charge in [-0.1, -0.05) is 20.3 Å². The van der Waals surface area contributed by atoms with E-state index in [1.807, 2.05) is 6.92 Å². The molecule has 0 rings (SSSR count). The predicted molar refractivity (Wildman–Crippen MR) is 53.2 cm³/mol. The third-order valence-electron chi connectivity index (χ3n) is 2.29. The molecule has 2 N–H and O–H groups in total. The fourth-order valence-corrected chi connectivity index (χ4v) is 1.40. The third-order valence-corrected chi connectivity index (χ3v) is 2.29. The first-order valence-electron chi connectivity index (χ1n) is 5.01. The first-order chi connectivity index (χ1) is 6.24. The Morgan fingerprint density at radius 3 is 2.54 bits per heavy atom. The standard InChI is InChI=1S/C10H20N2O/c1-3-6-10(4-2,9-11)12-7-5-8-13/h12-13H,3-8H2,1-2H3. The van der Waals surface area contributed by atoms with Crippen molar-refractivity contribution in [1.29, 1.82) is 5.26 Å². The minimum atomic E-state index is -0.371. The van der Waals surface area contributed by atoms with Crippen LogP contribution in [-0.4, -0.2) is 23.8 Å². The summed E-state index contributed by atoms with van der Waals surface area (Å²) in [4.78, 5) is 0. The molecule has 0 bridgehead atoms. The Morgan fingerprint density at radius 1 is 1.46 bits per heavy atom. The average molecular weight is 184 g/mol. The number of aliphatic hydroxyl groups is 1. The van der Waals surface area contributed by atoms with E-state index >= 15 is 0 Å². The fraction of sp³-hybridized carbons (Fsp3) is 0.900. The van der Waals surface area contributed by atoms with Crippen LogP contribution in [0.25, 0.3) is 0 Å². The Labute approximate surface area is 80.8 Å². The van der Waals surface area contributed by atoms with E-state index < -0.39 is 0 Å². The van der Waals surface area contributed by atoms with Gasteiger partial charge in [-0.05, 0) is 25.8 Å². The summed E-state index contributed by atoms with van der Waals surface area (Å²) in [5.41, 5.74) is -0.371. The summed E-state index contributed by atoms with van der Waals surface area (Å²) in [6.45, 7) is 5.00. The van der Waals surface area contributed by atoms with Crippen molar-refractivity contribution in [3.8, 4) is 6.07 Å². The molecule has 0 aliphatic carbocycles. The maximum atomic E-state index is 9.03. The molecule has 0 aromatic heterocycles. The topological polar surface area (TPSA) is 56.0 Å². The molecule has 1 atom stereocenters. The summed E-state index contributed by atoms with van der Waals surface area (Å²) < 4.78 is 0. The minimum Gasteiger partial charge on any atom is -0.396 e. The summed E-state index contributed by atoms with van der Waals surface area (Å²) in [5.74, 6) is 0. The molecule has 3 heteroatoms. The van der Waals surface area contributed by atoms with Gasteiger partial charge in [0.05, 0.1) is 6.07 Å². The lowest BCUT2D eigenvalue weighted by atomic mass is 9.92. The number of aliphatic hydroxyl groups excluding tert-OH is 1. The first kappa shape index (κ1) is 12.4. The highest BCUT2D eigenvalue weighted by Crippen LogP contribution is 2.15. The van der Waals surface area contributed by atoms with Gasteiger partial charge in [0.1, 0.15) is 5.54 Å². The van der Waals surface area contributed by atoms with Crippen LogP contribution in [0.5, 0.6) is 0 Å². The molecule has 0 fully saturated rings. The summed E-state index contributed by atoms with van der Waals surface area (Å²) in [6, 6.07) is 2.33. The van der Waals surface area contributed by atoms with E-state index in [0.29, 0.717) is 6.42 Å². The highest BCUT2D eigenvalue weighted by molar-refractivity contribution is 5.05. The van der Waals surface area contributed by atoms with Crippen molar-refractivity contribution >= 4 is 0 Å². The van der Waals surface area contributed by atoms with E-state index in [9.17, 15) is 0 Å². The van der Waals surface area contributed by atoms with Crippen molar-refractivity contribution in [2.24, 2.45) is 0 Å². The number of hydrogen-bond acceptors (Lipinski definition) is 3.